The number of nitrogens with one attached hydrogen (secondary N) is 2. The predicted molar refractivity (Wildman–Crippen MR) is 62.8 cm³/mol. The first-order valence-corrected chi connectivity index (χ1v) is 6.29. The van der Waals surface area contributed by atoms with Gasteiger partial charge in [-0.15, -0.1) is 0 Å². The van der Waals surface area contributed by atoms with Crippen LogP contribution < -0.4 is 10.6 Å². The monoisotopic (exact) mass is 212 g/mol. The molecule has 0 aliphatic heterocycles. The number of carbonyl (C=O) groups is 1. The van der Waals surface area contributed by atoms with Crippen LogP contribution in [0.1, 0.15) is 52.4 Å². The minimum atomic E-state index is 0.226. The highest BCUT2D eigenvalue weighted by Gasteiger charge is 2.22. The minimum Gasteiger partial charge on any atom is -0.353 e. The summed E-state index contributed by atoms with van der Waals surface area (Å²) >= 11 is 0. The molecule has 1 saturated carbocycles. The topological polar surface area (TPSA) is 41.1 Å². The van der Waals surface area contributed by atoms with Gasteiger partial charge in [-0.25, -0.2) is 0 Å². The van der Waals surface area contributed by atoms with Crippen molar-refractivity contribution in [3.05, 3.63) is 0 Å². The van der Waals surface area contributed by atoms with Gasteiger partial charge in [0.05, 0.1) is 0 Å². The standard InChI is InChI=1S/C12H24N2O/c1-3-10(4-2)13-9-5-6-12(15)14-11-7-8-11/h10-11,13H,3-9H2,1-2H3,(H,14,15). The van der Waals surface area contributed by atoms with Crippen molar-refractivity contribution in [2.75, 3.05) is 6.54 Å². The molecule has 0 aromatic carbocycles. The molecule has 3 heteroatoms. The summed E-state index contributed by atoms with van der Waals surface area (Å²) in [4.78, 5) is 11.3. The maximum absolute atomic E-state index is 11.3. The molecule has 88 valence electrons. The summed E-state index contributed by atoms with van der Waals surface area (Å²) in [6.07, 6.45) is 6.32. The van der Waals surface area contributed by atoms with E-state index < -0.39 is 0 Å². The number of rotatable bonds is 8. The SMILES string of the molecule is CCC(CC)NCCCC(=O)NC1CC1. The molecular weight excluding hydrogens is 188 g/mol. The number of hydrogen-bond donors (Lipinski definition) is 2. The zero-order chi connectivity index (χ0) is 11.1. The first-order chi connectivity index (χ1) is 7.26. The van der Waals surface area contributed by atoms with Crippen molar-refractivity contribution >= 4 is 5.91 Å². The van der Waals surface area contributed by atoms with Crippen LogP contribution in [0, 0.1) is 0 Å². The third kappa shape index (κ3) is 5.78. The highest BCUT2D eigenvalue weighted by Crippen LogP contribution is 2.18. The van der Waals surface area contributed by atoms with Gasteiger partial charge in [0.1, 0.15) is 0 Å². The van der Waals surface area contributed by atoms with Crippen LogP contribution in [-0.4, -0.2) is 24.5 Å². The van der Waals surface area contributed by atoms with Gasteiger partial charge >= 0.3 is 0 Å². The number of carbonyl (C=O) groups excluding carboxylic acids is 1. The normalized spacial score (nSPS) is 15.7. The highest BCUT2D eigenvalue weighted by molar-refractivity contribution is 5.76. The Labute approximate surface area is 93.0 Å². The minimum absolute atomic E-state index is 0.226. The van der Waals surface area contributed by atoms with Crippen LogP contribution in [0.5, 0.6) is 0 Å². The van der Waals surface area contributed by atoms with E-state index in [4.69, 9.17) is 0 Å². The Kier molecular flexibility index (Phi) is 5.69. The zero-order valence-corrected chi connectivity index (χ0v) is 10.0. The molecular formula is C12H24N2O. The lowest BCUT2D eigenvalue weighted by atomic mass is 10.1. The van der Waals surface area contributed by atoms with Gasteiger partial charge < -0.3 is 10.6 Å². The molecule has 0 aromatic rings. The lowest BCUT2D eigenvalue weighted by molar-refractivity contribution is -0.121. The maximum atomic E-state index is 11.3. The molecule has 0 radical (unpaired) electrons. The molecule has 0 unspecified atom stereocenters. The third-order valence-electron chi connectivity index (χ3n) is 2.94. The Hall–Kier alpha value is -0.570. The Morgan fingerprint density at radius 2 is 2.00 bits per heavy atom. The average Bonchev–Trinajstić information content (AvgIpc) is 3.02. The molecule has 3 nitrogen and oxygen atoms in total. The average molecular weight is 212 g/mol. The van der Waals surface area contributed by atoms with Gasteiger partial charge in [-0.2, -0.15) is 0 Å². The zero-order valence-electron chi connectivity index (χ0n) is 10.0. The fourth-order valence-electron chi connectivity index (χ4n) is 1.66. The van der Waals surface area contributed by atoms with Crippen molar-refractivity contribution in [2.45, 2.75) is 64.5 Å². The summed E-state index contributed by atoms with van der Waals surface area (Å²) in [5, 5.41) is 6.47. The molecule has 0 saturated heterocycles. The van der Waals surface area contributed by atoms with Gasteiger partial charge in [0, 0.05) is 18.5 Å². The van der Waals surface area contributed by atoms with Crippen molar-refractivity contribution in [1.29, 1.82) is 0 Å². The second-order valence-corrected chi connectivity index (χ2v) is 4.41. The van der Waals surface area contributed by atoms with E-state index in [0.717, 1.165) is 13.0 Å². The van der Waals surface area contributed by atoms with Crippen LogP contribution in [0.4, 0.5) is 0 Å². The van der Waals surface area contributed by atoms with E-state index in [1.807, 2.05) is 0 Å². The van der Waals surface area contributed by atoms with E-state index in [-0.39, 0.29) is 5.91 Å². The summed E-state index contributed by atoms with van der Waals surface area (Å²) < 4.78 is 0. The van der Waals surface area contributed by atoms with Crippen molar-refractivity contribution in [1.82, 2.24) is 10.6 Å². The molecule has 2 N–H and O–H groups in total. The molecule has 0 bridgehead atoms. The fourth-order valence-corrected chi connectivity index (χ4v) is 1.66. The molecule has 1 aliphatic carbocycles. The van der Waals surface area contributed by atoms with E-state index in [9.17, 15) is 4.79 Å². The maximum Gasteiger partial charge on any atom is 0.220 e. The van der Waals surface area contributed by atoms with Gasteiger partial charge in [0.2, 0.25) is 5.91 Å². The molecule has 1 rings (SSSR count). The van der Waals surface area contributed by atoms with E-state index in [1.54, 1.807) is 0 Å². The molecule has 0 atom stereocenters. The first-order valence-electron chi connectivity index (χ1n) is 6.29. The van der Waals surface area contributed by atoms with Crippen molar-refractivity contribution in [3.63, 3.8) is 0 Å². The van der Waals surface area contributed by atoms with Gasteiger partial charge in [0.15, 0.2) is 0 Å². The van der Waals surface area contributed by atoms with Crippen LogP contribution in [0.25, 0.3) is 0 Å². The van der Waals surface area contributed by atoms with Crippen molar-refractivity contribution in [3.8, 4) is 0 Å². The van der Waals surface area contributed by atoms with E-state index in [1.165, 1.54) is 25.7 Å². The molecule has 1 fully saturated rings. The third-order valence-corrected chi connectivity index (χ3v) is 2.94. The Morgan fingerprint density at radius 1 is 1.33 bits per heavy atom. The van der Waals surface area contributed by atoms with Gasteiger partial charge in [-0.3, -0.25) is 4.79 Å². The van der Waals surface area contributed by atoms with Crippen molar-refractivity contribution in [2.24, 2.45) is 0 Å². The lowest BCUT2D eigenvalue weighted by Crippen LogP contribution is -2.30. The molecule has 0 aromatic heterocycles. The highest BCUT2D eigenvalue weighted by atomic mass is 16.1. The van der Waals surface area contributed by atoms with Crippen LogP contribution in [0.3, 0.4) is 0 Å². The van der Waals surface area contributed by atoms with Crippen molar-refractivity contribution < 1.29 is 4.79 Å². The quantitative estimate of drug-likeness (QED) is 0.603. The summed E-state index contributed by atoms with van der Waals surface area (Å²) in [5.41, 5.74) is 0. The molecule has 1 amide bonds. The smallest absolute Gasteiger partial charge is 0.220 e. The van der Waals surface area contributed by atoms with Crippen LogP contribution >= 0.6 is 0 Å². The lowest BCUT2D eigenvalue weighted by Gasteiger charge is -2.14. The van der Waals surface area contributed by atoms with Crippen LogP contribution in [0.15, 0.2) is 0 Å². The summed E-state index contributed by atoms with van der Waals surface area (Å²) in [5.74, 6) is 0.226. The van der Waals surface area contributed by atoms with Gasteiger partial charge in [0.25, 0.3) is 0 Å². The van der Waals surface area contributed by atoms with E-state index >= 15 is 0 Å². The van der Waals surface area contributed by atoms with Gasteiger partial charge in [-0.05, 0) is 38.6 Å². The fraction of sp³-hybridized carbons (Fsp3) is 0.917. The molecule has 15 heavy (non-hydrogen) atoms. The Bertz CT molecular complexity index is 186. The molecule has 0 spiro atoms. The van der Waals surface area contributed by atoms with Crippen LogP contribution in [0.2, 0.25) is 0 Å². The predicted octanol–water partition coefficient (Wildman–Crippen LogP) is 1.82. The Balaban J connectivity index is 1.92. The number of amides is 1. The largest absolute Gasteiger partial charge is 0.353 e. The van der Waals surface area contributed by atoms with Crippen LogP contribution in [-0.2, 0) is 4.79 Å². The summed E-state index contributed by atoms with van der Waals surface area (Å²) in [7, 11) is 0. The van der Waals surface area contributed by atoms with Gasteiger partial charge in [-0.1, -0.05) is 13.8 Å². The number of hydrogen-bond acceptors (Lipinski definition) is 2. The Morgan fingerprint density at radius 3 is 2.53 bits per heavy atom. The first kappa shape index (κ1) is 12.5. The second-order valence-electron chi connectivity index (χ2n) is 4.41. The molecule has 0 heterocycles. The summed E-state index contributed by atoms with van der Waals surface area (Å²) in [6, 6.07) is 1.13. The van der Waals surface area contributed by atoms with E-state index in [2.05, 4.69) is 24.5 Å². The van der Waals surface area contributed by atoms with E-state index in [0.29, 0.717) is 18.5 Å². The summed E-state index contributed by atoms with van der Waals surface area (Å²) in [6.45, 7) is 5.35. The second kappa shape index (κ2) is 6.83. The molecule has 1 aliphatic rings.